The number of phenolic OH excluding ortho intramolecular Hbond substituents is 1. The molecule has 5 nitrogen and oxygen atoms in total. The third-order valence-electron chi connectivity index (χ3n) is 3.34. The summed E-state index contributed by atoms with van der Waals surface area (Å²) in [5, 5.41) is 20.3. The van der Waals surface area contributed by atoms with Gasteiger partial charge in [-0.3, -0.25) is 14.9 Å². The lowest BCUT2D eigenvalue weighted by molar-refractivity contribution is -0.385. The molecule has 0 bridgehead atoms. The highest BCUT2D eigenvalue weighted by Crippen LogP contribution is 2.34. The Morgan fingerprint density at radius 3 is 2.77 bits per heavy atom. The van der Waals surface area contributed by atoms with Crippen molar-refractivity contribution >= 4 is 29.3 Å². The fourth-order valence-corrected chi connectivity index (χ4v) is 3.28. The van der Waals surface area contributed by atoms with Crippen molar-refractivity contribution in [1.82, 2.24) is 0 Å². The smallest absolute Gasteiger partial charge is 0.311 e. The standard InChI is InChI=1S/C16H11NO4S/c18-14-6-5-10(8-13(14)17(20)21)7-11-9-22-15-4-2-1-3-12(15)16(11)19/h1-8,18H,9H2/b11-7-. The molecule has 22 heavy (non-hydrogen) atoms. The molecule has 0 amide bonds. The van der Waals surface area contributed by atoms with Crippen molar-refractivity contribution < 1.29 is 14.8 Å². The number of hydrogen-bond acceptors (Lipinski definition) is 5. The van der Waals surface area contributed by atoms with Gasteiger partial charge in [-0.05, 0) is 29.8 Å². The van der Waals surface area contributed by atoms with E-state index in [9.17, 15) is 20.0 Å². The molecule has 1 aliphatic rings. The number of ketones is 1. The molecule has 0 unspecified atom stereocenters. The summed E-state index contributed by atoms with van der Waals surface area (Å²) in [5.41, 5.74) is 1.39. The second kappa shape index (κ2) is 5.65. The number of fused-ring (bicyclic) bond motifs is 1. The Morgan fingerprint density at radius 2 is 2.00 bits per heavy atom. The lowest BCUT2D eigenvalue weighted by Gasteiger charge is -2.16. The van der Waals surface area contributed by atoms with E-state index in [-0.39, 0.29) is 17.2 Å². The summed E-state index contributed by atoms with van der Waals surface area (Å²) < 4.78 is 0. The number of phenols is 1. The molecule has 0 radical (unpaired) electrons. The Labute approximate surface area is 130 Å². The average molecular weight is 313 g/mol. The van der Waals surface area contributed by atoms with Gasteiger partial charge in [-0.15, -0.1) is 11.8 Å². The van der Waals surface area contributed by atoms with Crippen LogP contribution in [0.1, 0.15) is 15.9 Å². The zero-order valence-corrected chi connectivity index (χ0v) is 12.2. The van der Waals surface area contributed by atoms with Gasteiger partial charge in [0.1, 0.15) is 0 Å². The number of carbonyl (C=O) groups excluding carboxylic acids is 1. The van der Waals surface area contributed by atoms with Crippen LogP contribution in [0, 0.1) is 10.1 Å². The molecule has 110 valence electrons. The predicted octanol–water partition coefficient (Wildman–Crippen LogP) is 3.67. The highest BCUT2D eigenvalue weighted by Gasteiger charge is 2.22. The summed E-state index contributed by atoms with van der Waals surface area (Å²) in [5.74, 6) is 0.0664. The SMILES string of the molecule is O=C1/C(=C\c2ccc(O)c([N+](=O)[O-])c2)CSc2ccccc21. The molecule has 1 N–H and O–H groups in total. The molecular weight excluding hydrogens is 302 g/mol. The molecule has 3 rings (SSSR count). The van der Waals surface area contributed by atoms with Gasteiger partial charge in [0.2, 0.25) is 0 Å². The number of nitro groups is 1. The summed E-state index contributed by atoms with van der Waals surface area (Å²) in [6, 6.07) is 11.5. The average Bonchev–Trinajstić information content (AvgIpc) is 2.52. The molecule has 0 atom stereocenters. The molecular formula is C16H11NO4S. The van der Waals surface area contributed by atoms with Gasteiger partial charge in [0.25, 0.3) is 0 Å². The van der Waals surface area contributed by atoms with Crippen molar-refractivity contribution in [2.24, 2.45) is 0 Å². The molecule has 2 aromatic carbocycles. The molecule has 2 aromatic rings. The number of Topliss-reactive ketones (excluding diaryl/α,β-unsaturated/α-hetero) is 1. The van der Waals surface area contributed by atoms with E-state index in [0.717, 1.165) is 4.90 Å². The van der Waals surface area contributed by atoms with Gasteiger partial charge in [0.05, 0.1) is 4.92 Å². The van der Waals surface area contributed by atoms with Crippen molar-refractivity contribution in [1.29, 1.82) is 0 Å². The minimum Gasteiger partial charge on any atom is -0.502 e. The lowest BCUT2D eigenvalue weighted by atomic mass is 10.0. The largest absolute Gasteiger partial charge is 0.502 e. The van der Waals surface area contributed by atoms with E-state index in [1.807, 2.05) is 18.2 Å². The van der Waals surface area contributed by atoms with Crippen LogP contribution in [0.25, 0.3) is 6.08 Å². The summed E-state index contributed by atoms with van der Waals surface area (Å²) in [4.78, 5) is 23.6. The number of benzene rings is 2. The van der Waals surface area contributed by atoms with Gasteiger partial charge in [0, 0.05) is 27.9 Å². The second-order valence-corrected chi connectivity index (χ2v) is 5.81. The van der Waals surface area contributed by atoms with Gasteiger partial charge in [0.15, 0.2) is 11.5 Å². The quantitative estimate of drug-likeness (QED) is 0.520. The molecule has 0 saturated carbocycles. The maximum Gasteiger partial charge on any atom is 0.311 e. The van der Waals surface area contributed by atoms with Gasteiger partial charge >= 0.3 is 5.69 Å². The zero-order valence-electron chi connectivity index (χ0n) is 11.4. The highest BCUT2D eigenvalue weighted by atomic mass is 32.2. The van der Waals surface area contributed by atoms with Crippen molar-refractivity contribution in [2.45, 2.75) is 4.90 Å². The van der Waals surface area contributed by atoms with Crippen LogP contribution >= 0.6 is 11.8 Å². The number of nitro benzene ring substituents is 1. The Bertz CT molecular complexity index is 814. The Kier molecular flexibility index (Phi) is 3.68. The number of hydrogen-bond donors (Lipinski definition) is 1. The van der Waals surface area contributed by atoms with E-state index >= 15 is 0 Å². The normalized spacial score (nSPS) is 15.6. The molecule has 0 aliphatic carbocycles. The van der Waals surface area contributed by atoms with E-state index in [4.69, 9.17) is 0 Å². The third kappa shape index (κ3) is 2.60. The predicted molar refractivity (Wildman–Crippen MR) is 84.2 cm³/mol. The number of thioether (sulfide) groups is 1. The summed E-state index contributed by atoms with van der Waals surface area (Å²) >= 11 is 1.56. The van der Waals surface area contributed by atoms with E-state index < -0.39 is 4.92 Å². The lowest BCUT2D eigenvalue weighted by Crippen LogP contribution is -2.12. The van der Waals surface area contributed by atoms with E-state index in [1.165, 1.54) is 12.1 Å². The van der Waals surface area contributed by atoms with Crippen LogP contribution in [-0.2, 0) is 0 Å². The maximum atomic E-state index is 12.4. The molecule has 0 spiro atoms. The monoisotopic (exact) mass is 313 g/mol. The second-order valence-electron chi connectivity index (χ2n) is 4.79. The molecule has 1 aliphatic heterocycles. The summed E-state index contributed by atoms with van der Waals surface area (Å²) in [7, 11) is 0. The number of rotatable bonds is 2. The summed E-state index contributed by atoms with van der Waals surface area (Å²) in [6.07, 6.45) is 1.64. The van der Waals surface area contributed by atoms with Crippen LogP contribution in [0.15, 0.2) is 52.9 Å². The minimum absolute atomic E-state index is 0.0647. The number of nitrogens with zero attached hydrogens (tertiary/aromatic N) is 1. The zero-order chi connectivity index (χ0) is 15.7. The first-order valence-electron chi connectivity index (χ1n) is 6.51. The van der Waals surface area contributed by atoms with E-state index in [2.05, 4.69) is 0 Å². The third-order valence-corrected chi connectivity index (χ3v) is 4.47. The maximum absolute atomic E-state index is 12.4. The van der Waals surface area contributed by atoms with E-state index in [1.54, 1.807) is 30.0 Å². The van der Waals surface area contributed by atoms with Gasteiger partial charge in [-0.1, -0.05) is 18.2 Å². The Balaban J connectivity index is 1.99. The van der Waals surface area contributed by atoms with Gasteiger partial charge in [-0.2, -0.15) is 0 Å². The van der Waals surface area contributed by atoms with Crippen LogP contribution in [0.2, 0.25) is 0 Å². The van der Waals surface area contributed by atoms with Gasteiger partial charge < -0.3 is 5.11 Å². The van der Waals surface area contributed by atoms with Crippen molar-refractivity contribution in [3.05, 3.63) is 69.3 Å². The van der Waals surface area contributed by atoms with Crippen LogP contribution in [0.5, 0.6) is 5.75 Å². The van der Waals surface area contributed by atoms with Crippen LogP contribution in [0.4, 0.5) is 5.69 Å². The molecule has 0 saturated heterocycles. The van der Waals surface area contributed by atoms with Gasteiger partial charge in [-0.25, -0.2) is 0 Å². The fourth-order valence-electron chi connectivity index (χ4n) is 2.26. The Morgan fingerprint density at radius 1 is 1.23 bits per heavy atom. The highest BCUT2D eigenvalue weighted by molar-refractivity contribution is 7.99. The Hall–Kier alpha value is -2.60. The van der Waals surface area contributed by atoms with Crippen LogP contribution in [0.3, 0.4) is 0 Å². The first kappa shape index (κ1) is 14.3. The topological polar surface area (TPSA) is 80.4 Å². The first-order chi connectivity index (χ1) is 10.6. The molecule has 6 heteroatoms. The number of carbonyl (C=O) groups is 1. The summed E-state index contributed by atoms with van der Waals surface area (Å²) in [6.45, 7) is 0. The van der Waals surface area contributed by atoms with Crippen molar-refractivity contribution in [2.75, 3.05) is 5.75 Å². The minimum atomic E-state index is -0.649. The van der Waals surface area contributed by atoms with Crippen molar-refractivity contribution in [3.8, 4) is 5.75 Å². The molecule has 0 aromatic heterocycles. The van der Waals surface area contributed by atoms with Crippen molar-refractivity contribution in [3.63, 3.8) is 0 Å². The van der Waals surface area contributed by atoms with Crippen LogP contribution in [-0.4, -0.2) is 21.6 Å². The number of aromatic hydroxyl groups is 1. The first-order valence-corrected chi connectivity index (χ1v) is 7.49. The molecule has 0 fully saturated rings. The van der Waals surface area contributed by atoms with E-state index in [0.29, 0.717) is 22.5 Å². The molecule has 1 heterocycles. The van der Waals surface area contributed by atoms with Crippen LogP contribution < -0.4 is 0 Å². The fraction of sp³-hybridized carbons (Fsp3) is 0.0625.